The van der Waals surface area contributed by atoms with E-state index >= 15 is 0 Å². The summed E-state index contributed by atoms with van der Waals surface area (Å²) in [4.78, 5) is 25.0. The highest BCUT2D eigenvalue weighted by molar-refractivity contribution is 7.80. The number of esters is 1. The van der Waals surface area contributed by atoms with Gasteiger partial charge in [0.15, 0.2) is 0 Å². The molecule has 4 nitrogen and oxygen atoms in total. The van der Waals surface area contributed by atoms with Crippen molar-refractivity contribution in [1.29, 1.82) is 0 Å². The van der Waals surface area contributed by atoms with Gasteiger partial charge in [0.1, 0.15) is 18.1 Å². The Morgan fingerprint density at radius 3 is 2.00 bits per heavy atom. The van der Waals surface area contributed by atoms with Gasteiger partial charge in [-0.15, -0.1) is 0 Å². The second kappa shape index (κ2) is 13.0. The van der Waals surface area contributed by atoms with Crippen LogP contribution in [-0.2, 0) is 9.53 Å². The zero-order valence-corrected chi connectivity index (χ0v) is 22.0. The van der Waals surface area contributed by atoms with Gasteiger partial charge in [0.05, 0.1) is 12.7 Å². The minimum Gasteiger partial charge on any atom is -0.496 e. The molecule has 0 fully saturated rings. The monoisotopic (exact) mass is 510 g/mol. The molecule has 0 heterocycles. The summed E-state index contributed by atoms with van der Waals surface area (Å²) >= 11 is 0. The van der Waals surface area contributed by atoms with Crippen LogP contribution in [0.1, 0.15) is 41.8 Å². The van der Waals surface area contributed by atoms with E-state index in [1.807, 2.05) is 91.9 Å². The number of aldehydes is 1. The Labute approximate surface area is 220 Å². The average Bonchev–Trinajstić information content (AvgIpc) is 2.94. The first kappa shape index (κ1) is 26.3. The second-order valence-electron chi connectivity index (χ2n) is 8.90. The zero-order chi connectivity index (χ0) is 26.0. The van der Waals surface area contributed by atoms with E-state index < -0.39 is 14.0 Å². The molecule has 4 aromatic carbocycles. The highest BCUT2D eigenvalue weighted by atomic mass is 31.1. The first-order valence-electron chi connectivity index (χ1n) is 12.4. The van der Waals surface area contributed by atoms with Crippen molar-refractivity contribution in [3.8, 4) is 5.75 Å². The molecule has 0 radical (unpaired) electrons. The molecule has 2 atom stereocenters. The van der Waals surface area contributed by atoms with Gasteiger partial charge in [-0.05, 0) is 48.3 Å². The Morgan fingerprint density at radius 1 is 0.811 bits per heavy atom. The van der Waals surface area contributed by atoms with Gasteiger partial charge >= 0.3 is 5.97 Å². The van der Waals surface area contributed by atoms with E-state index in [4.69, 9.17) is 9.47 Å². The molecular formula is C32H31O4P. The summed E-state index contributed by atoms with van der Waals surface area (Å²) in [5, 5.41) is 3.26. The molecular weight excluding hydrogens is 479 g/mol. The molecule has 5 heteroatoms. The second-order valence-corrected chi connectivity index (χ2v) is 11.1. The quantitative estimate of drug-likeness (QED) is 0.142. The van der Waals surface area contributed by atoms with Crippen LogP contribution in [0.15, 0.2) is 109 Å². The smallest absolute Gasteiger partial charge is 0.339 e. The molecule has 0 spiro atoms. The molecule has 4 aromatic rings. The number of benzene rings is 4. The summed E-state index contributed by atoms with van der Waals surface area (Å²) in [6, 6.07) is 35.8. The van der Waals surface area contributed by atoms with Crippen molar-refractivity contribution in [2.75, 3.05) is 7.11 Å². The third kappa shape index (κ3) is 6.53. The molecule has 0 aromatic heterocycles. The van der Waals surface area contributed by atoms with E-state index in [1.54, 1.807) is 7.11 Å². The summed E-state index contributed by atoms with van der Waals surface area (Å²) in [6.07, 6.45) is 1.27. The predicted molar refractivity (Wildman–Crippen MR) is 151 cm³/mol. The summed E-state index contributed by atoms with van der Waals surface area (Å²) in [7, 11) is 0.624. The minimum absolute atomic E-state index is 0.0428. The largest absolute Gasteiger partial charge is 0.496 e. The van der Waals surface area contributed by atoms with Gasteiger partial charge in [-0.1, -0.05) is 104 Å². The Kier molecular flexibility index (Phi) is 9.24. The molecule has 0 aliphatic heterocycles. The number of hydrogen-bond acceptors (Lipinski definition) is 4. The summed E-state index contributed by atoms with van der Waals surface area (Å²) in [5.41, 5.74) is 1.34. The van der Waals surface area contributed by atoms with Crippen LogP contribution in [-0.4, -0.2) is 19.4 Å². The van der Waals surface area contributed by atoms with Gasteiger partial charge in [-0.25, -0.2) is 4.79 Å². The normalized spacial score (nSPS) is 12.5. The van der Waals surface area contributed by atoms with Gasteiger partial charge in [-0.3, -0.25) is 0 Å². The highest BCUT2D eigenvalue weighted by Crippen LogP contribution is 2.36. The third-order valence-electron chi connectivity index (χ3n) is 6.24. The molecule has 4 rings (SSSR count). The highest BCUT2D eigenvalue weighted by Gasteiger charge is 2.27. The van der Waals surface area contributed by atoms with E-state index in [9.17, 15) is 9.59 Å². The lowest BCUT2D eigenvalue weighted by Crippen LogP contribution is -2.26. The maximum atomic E-state index is 13.8. The van der Waals surface area contributed by atoms with Crippen LogP contribution >= 0.6 is 7.92 Å². The maximum absolute atomic E-state index is 13.8. The fraction of sp³-hybridized carbons (Fsp3) is 0.188. The minimum atomic E-state index is -0.982. The Bertz CT molecular complexity index is 1270. The van der Waals surface area contributed by atoms with Gasteiger partial charge in [0, 0.05) is 12.0 Å². The summed E-state index contributed by atoms with van der Waals surface area (Å²) in [6.45, 7) is 1.99. The van der Waals surface area contributed by atoms with Crippen molar-refractivity contribution in [3.63, 3.8) is 0 Å². The van der Waals surface area contributed by atoms with Crippen LogP contribution in [0.4, 0.5) is 0 Å². The molecule has 0 amide bonds. The van der Waals surface area contributed by atoms with Crippen molar-refractivity contribution < 1.29 is 19.1 Å². The van der Waals surface area contributed by atoms with E-state index in [0.29, 0.717) is 24.2 Å². The molecule has 188 valence electrons. The fourth-order valence-electron chi connectivity index (χ4n) is 4.41. The number of carbonyl (C=O) groups excluding carboxylic acids is 2. The Balaban J connectivity index is 1.74. The van der Waals surface area contributed by atoms with E-state index in [0.717, 1.165) is 27.8 Å². The van der Waals surface area contributed by atoms with Crippen molar-refractivity contribution in [1.82, 2.24) is 0 Å². The van der Waals surface area contributed by atoms with E-state index in [-0.39, 0.29) is 11.9 Å². The number of hydrogen-bond donors (Lipinski definition) is 0. The Morgan fingerprint density at radius 2 is 1.38 bits per heavy atom. The molecule has 0 N–H and O–H groups in total. The topological polar surface area (TPSA) is 52.6 Å². The summed E-state index contributed by atoms with van der Waals surface area (Å²) in [5.74, 6) is 0.313. The van der Waals surface area contributed by atoms with Crippen LogP contribution in [0, 0.1) is 5.92 Å². The standard InChI is InChI=1S/C32H31O4P/c1-24(21-22-33)23-30(27-17-9-11-19-29(27)35-2)36-32(34)28-18-10-12-20-31(28)37(25-13-5-3-6-14-25)26-15-7-4-8-16-26/h3-20,22,24,30H,21,23H2,1-2H3/t24-,30+/m1/s1. The molecule has 0 aliphatic rings. The van der Waals surface area contributed by atoms with Crippen molar-refractivity contribution in [2.45, 2.75) is 25.9 Å². The molecule has 0 saturated carbocycles. The van der Waals surface area contributed by atoms with Crippen LogP contribution in [0.5, 0.6) is 5.75 Å². The third-order valence-corrected chi connectivity index (χ3v) is 8.74. The number of para-hydroxylation sites is 1. The molecule has 0 aliphatic carbocycles. The van der Waals surface area contributed by atoms with Gasteiger partial charge in [0.2, 0.25) is 0 Å². The lowest BCUT2D eigenvalue weighted by molar-refractivity contribution is -0.108. The number of carbonyl (C=O) groups is 2. The van der Waals surface area contributed by atoms with Crippen LogP contribution in [0.2, 0.25) is 0 Å². The maximum Gasteiger partial charge on any atom is 0.339 e. The molecule has 0 unspecified atom stereocenters. The molecule has 37 heavy (non-hydrogen) atoms. The average molecular weight is 511 g/mol. The van der Waals surface area contributed by atoms with Crippen molar-refractivity contribution >= 4 is 36.1 Å². The first-order chi connectivity index (χ1) is 18.1. The molecule has 0 bridgehead atoms. The van der Waals surface area contributed by atoms with Crippen molar-refractivity contribution in [2.24, 2.45) is 5.92 Å². The lowest BCUT2D eigenvalue weighted by atomic mass is 9.95. The fourth-order valence-corrected chi connectivity index (χ4v) is 6.85. The Hall–Kier alpha value is -3.75. The summed E-state index contributed by atoms with van der Waals surface area (Å²) < 4.78 is 11.8. The molecule has 0 saturated heterocycles. The first-order valence-corrected chi connectivity index (χ1v) is 13.7. The SMILES string of the molecule is COc1ccccc1[C@H](C[C@H](C)CC=O)OC(=O)c1ccccc1P(c1ccccc1)c1ccccc1. The predicted octanol–water partition coefficient (Wildman–Crippen LogP) is 5.97. The van der Waals surface area contributed by atoms with E-state index in [2.05, 4.69) is 24.3 Å². The number of methoxy groups -OCH3 is 1. The number of rotatable bonds is 11. The lowest BCUT2D eigenvalue weighted by Gasteiger charge is -2.25. The zero-order valence-electron chi connectivity index (χ0n) is 21.1. The van der Waals surface area contributed by atoms with Crippen molar-refractivity contribution in [3.05, 3.63) is 120 Å². The van der Waals surface area contributed by atoms with E-state index in [1.165, 1.54) is 0 Å². The van der Waals surface area contributed by atoms with Gasteiger partial charge in [-0.2, -0.15) is 0 Å². The van der Waals surface area contributed by atoms with Crippen LogP contribution < -0.4 is 20.7 Å². The van der Waals surface area contributed by atoms with Gasteiger partial charge < -0.3 is 14.3 Å². The van der Waals surface area contributed by atoms with Crippen LogP contribution in [0.25, 0.3) is 0 Å². The van der Waals surface area contributed by atoms with Crippen LogP contribution in [0.3, 0.4) is 0 Å². The van der Waals surface area contributed by atoms with Gasteiger partial charge in [0.25, 0.3) is 0 Å². The number of ether oxygens (including phenoxy) is 2.